The van der Waals surface area contributed by atoms with Crippen molar-refractivity contribution < 1.29 is 0 Å². The first-order chi connectivity index (χ1) is 6.22. The zero-order valence-corrected chi connectivity index (χ0v) is 8.04. The van der Waals surface area contributed by atoms with Gasteiger partial charge in [0.15, 0.2) is 5.15 Å². The molecule has 2 rings (SSSR count). The van der Waals surface area contributed by atoms with Gasteiger partial charge in [-0.15, -0.1) is 0 Å². The molecule has 0 fully saturated rings. The molecule has 68 valence electrons. The Hall–Kier alpha value is -1.06. The van der Waals surface area contributed by atoms with Crippen LogP contribution in [0.3, 0.4) is 0 Å². The van der Waals surface area contributed by atoms with Gasteiger partial charge < -0.3 is 10.1 Å². The molecule has 0 amide bonds. The Kier molecular flexibility index (Phi) is 1.98. The average Bonchev–Trinajstić information content (AvgIpc) is 2.42. The van der Waals surface area contributed by atoms with Gasteiger partial charge in [-0.25, -0.2) is 4.98 Å². The van der Waals surface area contributed by atoms with Gasteiger partial charge in [0, 0.05) is 12.7 Å². The van der Waals surface area contributed by atoms with E-state index in [1.807, 2.05) is 29.7 Å². The smallest absolute Gasteiger partial charge is 0.155 e. The number of pyridine rings is 1. The van der Waals surface area contributed by atoms with E-state index in [0.29, 0.717) is 11.7 Å². The molecule has 2 N–H and O–H groups in total. The summed E-state index contributed by atoms with van der Waals surface area (Å²) in [5.74, 6) is 0.885. The number of nitrogens with two attached hydrogens (primary N) is 1. The lowest BCUT2D eigenvalue weighted by atomic mass is 10.3. The fourth-order valence-corrected chi connectivity index (χ4v) is 1.63. The van der Waals surface area contributed by atoms with Gasteiger partial charge in [-0.1, -0.05) is 17.7 Å². The highest BCUT2D eigenvalue weighted by Crippen LogP contribution is 2.18. The fraction of sp³-hybridized carbons (Fsp3) is 0.222. The first-order valence-electron chi connectivity index (χ1n) is 4.05. The fourth-order valence-electron chi connectivity index (χ4n) is 1.35. The third-order valence-corrected chi connectivity index (χ3v) is 2.34. The van der Waals surface area contributed by atoms with Gasteiger partial charge in [-0.05, 0) is 18.6 Å². The molecule has 0 radical (unpaired) electrons. The number of imidazole rings is 1. The first kappa shape index (κ1) is 8.53. The van der Waals surface area contributed by atoms with Gasteiger partial charge in [0.25, 0.3) is 0 Å². The Labute approximate surface area is 81.1 Å². The second-order valence-corrected chi connectivity index (χ2v) is 3.30. The van der Waals surface area contributed by atoms with Crippen molar-refractivity contribution in [2.45, 2.75) is 13.5 Å². The molecule has 4 heteroatoms. The summed E-state index contributed by atoms with van der Waals surface area (Å²) in [5, 5.41) is 0.543. The van der Waals surface area contributed by atoms with E-state index in [1.54, 1.807) is 0 Å². The van der Waals surface area contributed by atoms with Gasteiger partial charge in [0.05, 0.1) is 5.52 Å². The maximum absolute atomic E-state index is 5.91. The zero-order chi connectivity index (χ0) is 9.42. The van der Waals surface area contributed by atoms with Crippen molar-refractivity contribution in [3.63, 3.8) is 0 Å². The van der Waals surface area contributed by atoms with Crippen LogP contribution in [0.15, 0.2) is 18.3 Å². The van der Waals surface area contributed by atoms with E-state index in [2.05, 4.69) is 4.98 Å². The summed E-state index contributed by atoms with van der Waals surface area (Å²) in [4.78, 5) is 4.15. The summed E-state index contributed by atoms with van der Waals surface area (Å²) in [6, 6.07) is 3.90. The van der Waals surface area contributed by atoms with Crippen molar-refractivity contribution in [3.8, 4) is 0 Å². The maximum Gasteiger partial charge on any atom is 0.155 e. The average molecular weight is 196 g/mol. The summed E-state index contributed by atoms with van der Waals surface area (Å²) >= 11 is 5.91. The van der Waals surface area contributed by atoms with Gasteiger partial charge >= 0.3 is 0 Å². The molecule has 13 heavy (non-hydrogen) atoms. The molecule has 0 unspecified atom stereocenters. The lowest BCUT2D eigenvalue weighted by molar-refractivity contribution is 0.989. The molecule has 0 saturated carbocycles. The van der Waals surface area contributed by atoms with Crippen LogP contribution >= 0.6 is 11.6 Å². The summed E-state index contributed by atoms with van der Waals surface area (Å²) in [6.07, 6.45) is 1.96. The molecule has 0 atom stereocenters. The van der Waals surface area contributed by atoms with Crippen molar-refractivity contribution in [1.82, 2.24) is 9.38 Å². The Morgan fingerprint density at radius 2 is 2.31 bits per heavy atom. The van der Waals surface area contributed by atoms with Crippen LogP contribution in [0.5, 0.6) is 0 Å². The highest BCUT2D eigenvalue weighted by atomic mass is 35.5. The van der Waals surface area contributed by atoms with E-state index < -0.39 is 0 Å². The van der Waals surface area contributed by atoms with E-state index >= 15 is 0 Å². The Morgan fingerprint density at radius 3 is 3.00 bits per heavy atom. The minimum Gasteiger partial charge on any atom is -0.326 e. The molecule has 2 aromatic heterocycles. The van der Waals surface area contributed by atoms with Crippen LogP contribution in [0.4, 0.5) is 0 Å². The lowest BCUT2D eigenvalue weighted by Gasteiger charge is -1.99. The summed E-state index contributed by atoms with van der Waals surface area (Å²) < 4.78 is 1.95. The number of hydrogen-bond donors (Lipinski definition) is 1. The van der Waals surface area contributed by atoms with Crippen LogP contribution in [0.1, 0.15) is 11.4 Å². The van der Waals surface area contributed by atoms with E-state index in [9.17, 15) is 0 Å². The number of aryl methyl sites for hydroxylation is 1. The quantitative estimate of drug-likeness (QED) is 0.754. The third kappa shape index (κ3) is 1.30. The molecule has 0 aromatic carbocycles. The molecule has 2 heterocycles. The summed E-state index contributed by atoms with van der Waals surface area (Å²) in [7, 11) is 0. The molecule has 0 aliphatic heterocycles. The maximum atomic E-state index is 5.91. The SMILES string of the molecule is Cc1nc(Cl)c2ccc(CN)cn12. The van der Waals surface area contributed by atoms with Gasteiger partial charge in [0.2, 0.25) is 0 Å². The number of halogens is 1. The number of rotatable bonds is 1. The lowest BCUT2D eigenvalue weighted by Crippen LogP contribution is -1.98. The Bertz CT molecular complexity index is 447. The van der Waals surface area contributed by atoms with Crippen LogP contribution in [0, 0.1) is 6.92 Å². The second-order valence-electron chi connectivity index (χ2n) is 2.95. The van der Waals surface area contributed by atoms with Crippen LogP contribution in [0.25, 0.3) is 5.52 Å². The molecule has 0 spiro atoms. The van der Waals surface area contributed by atoms with Crippen LogP contribution in [-0.4, -0.2) is 9.38 Å². The van der Waals surface area contributed by atoms with Crippen LogP contribution < -0.4 is 5.73 Å². The second kappa shape index (κ2) is 3.01. The number of aromatic nitrogens is 2. The van der Waals surface area contributed by atoms with Crippen LogP contribution in [-0.2, 0) is 6.54 Å². The number of fused-ring (bicyclic) bond motifs is 1. The minimum atomic E-state index is 0.533. The molecule has 0 bridgehead atoms. The Balaban J connectivity index is 2.76. The van der Waals surface area contributed by atoms with Gasteiger partial charge in [-0.2, -0.15) is 0 Å². The van der Waals surface area contributed by atoms with Gasteiger partial charge in [0.1, 0.15) is 5.82 Å². The topological polar surface area (TPSA) is 43.3 Å². The van der Waals surface area contributed by atoms with Crippen molar-refractivity contribution in [3.05, 3.63) is 34.9 Å². The molecular weight excluding hydrogens is 186 g/mol. The molecule has 0 aliphatic rings. The largest absolute Gasteiger partial charge is 0.326 e. The highest BCUT2D eigenvalue weighted by Gasteiger charge is 2.05. The number of nitrogens with zero attached hydrogens (tertiary/aromatic N) is 2. The molecule has 0 aliphatic carbocycles. The highest BCUT2D eigenvalue weighted by molar-refractivity contribution is 6.32. The summed E-state index contributed by atoms with van der Waals surface area (Å²) in [5.41, 5.74) is 7.53. The van der Waals surface area contributed by atoms with Crippen molar-refractivity contribution >= 4 is 17.1 Å². The van der Waals surface area contributed by atoms with E-state index in [0.717, 1.165) is 16.9 Å². The predicted molar refractivity (Wildman–Crippen MR) is 52.8 cm³/mol. The van der Waals surface area contributed by atoms with Crippen molar-refractivity contribution in [2.75, 3.05) is 0 Å². The summed E-state index contributed by atoms with van der Waals surface area (Å²) in [6.45, 7) is 2.45. The first-order valence-corrected chi connectivity index (χ1v) is 4.43. The molecular formula is C9H10ClN3. The monoisotopic (exact) mass is 195 g/mol. The van der Waals surface area contributed by atoms with E-state index in [-0.39, 0.29) is 0 Å². The minimum absolute atomic E-state index is 0.533. The van der Waals surface area contributed by atoms with E-state index in [4.69, 9.17) is 17.3 Å². The standard InChI is InChI=1S/C9H10ClN3/c1-6-12-9(10)8-3-2-7(4-11)5-13(6)8/h2-3,5H,4,11H2,1H3. The van der Waals surface area contributed by atoms with Crippen LogP contribution in [0.2, 0.25) is 5.15 Å². The normalized spacial score (nSPS) is 11.0. The van der Waals surface area contributed by atoms with Gasteiger partial charge in [-0.3, -0.25) is 0 Å². The van der Waals surface area contributed by atoms with Crippen molar-refractivity contribution in [1.29, 1.82) is 0 Å². The third-order valence-electron chi connectivity index (χ3n) is 2.07. The van der Waals surface area contributed by atoms with Crippen molar-refractivity contribution in [2.24, 2.45) is 5.73 Å². The predicted octanol–water partition coefficient (Wildman–Crippen LogP) is 1.75. The Morgan fingerprint density at radius 1 is 1.54 bits per heavy atom. The molecule has 3 nitrogen and oxygen atoms in total. The zero-order valence-electron chi connectivity index (χ0n) is 7.29. The number of hydrogen-bond acceptors (Lipinski definition) is 2. The molecule has 0 saturated heterocycles. The molecule has 2 aromatic rings. The van der Waals surface area contributed by atoms with E-state index in [1.165, 1.54) is 0 Å².